The number of nitro groups is 2. The van der Waals surface area contributed by atoms with Gasteiger partial charge in [-0.3, -0.25) is 29.9 Å². The Hall–Kier alpha value is -2.60. The molecule has 0 spiro atoms. The molecule has 1 aromatic rings. The highest BCUT2D eigenvalue weighted by molar-refractivity contribution is 7.89. The average Bonchev–Trinajstić information content (AvgIpc) is 2.79. The minimum Gasteiger partial charge on any atom is -0.299 e. The maximum atomic E-state index is 12.0. The van der Waals surface area contributed by atoms with Gasteiger partial charge in [0.05, 0.1) is 9.85 Å². The molecule has 2 N–H and O–H groups in total. The number of benzene rings is 1. The Labute approximate surface area is 130 Å². The molecule has 0 radical (unpaired) electrons. The van der Waals surface area contributed by atoms with Gasteiger partial charge in [0, 0.05) is 25.1 Å². The Balaban J connectivity index is 2.65. The highest BCUT2D eigenvalue weighted by Gasteiger charge is 2.43. The smallest absolute Gasteiger partial charge is 0.299 e. The number of nitrogens with zero attached hydrogens (tertiary/aromatic N) is 3. The van der Waals surface area contributed by atoms with Crippen molar-refractivity contribution < 1.29 is 23.1 Å². The van der Waals surface area contributed by atoms with E-state index >= 15 is 0 Å². The SMILES string of the molecule is Cc1cc([N+](=O)[O-])c(N2CC(S(N)(=O)=O)CC2=O)c([N+](=O)[O-])c1. The lowest BCUT2D eigenvalue weighted by molar-refractivity contribution is -0.392. The monoisotopic (exact) mass is 344 g/mol. The van der Waals surface area contributed by atoms with Crippen LogP contribution in [0.1, 0.15) is 12.0 Å². The first-order valence-corrected chi connectivity index (χ1v) is 7.88. The largest absolute Gasteiger partial charge is 0.300 e. The summed E-state index contributed by atoms with van der Waals surface area (Å²) in [5.41, 5.74) is -1.54. The lowest BCUT2D eigenvalue weighted by atomic mass is 10.1. The van der Waals surface area contributed by atoms with E-state index in [0.717, 1.165) is 17.0 Å². The van der Waals surface area contributed by atoms with Crippen molar-refractivity contribution in [2.45, 2.75) is 18.6 Å². The van der Waals surface area contributed by atoms with Gasteiger partial charge in [-0.25, -0.2) is 13.6 Å². The minimum absolute atomic E-state index is 0.266. The molecule has 0 bridgehead atoms. The van der Waals surface area contributed by atoms with Crippen LogP contribution in [-0.4, -0.2) is 36.0 Å². The molecule has 23 heavy (non-hydrogen) atoms. The molecule has 1 amide bonds. The number of nitro benzene ring substituents is 2. The van der Waals surface area contributed by atoms with Crippen LogP contribution in [0.15, 0.2) is 12.1 Å². The molecule has 0 aromatic heterocycles. The van der Waals surface area contributed by atoms with Crippen LogP contribution >= 0.6 is 0 Å². The molecule has 1 atom stereocenters. The van der Waals surface area contributed by atoms with Gasteiger partial charge in [-0.2, -0.15) is 0 Å². The van der Waals surface area contributed by atoms with Crippen LogP contribution in [0.25, 0.3) is 0 Å². The quantitative estimate of drug-likeness (QED) is 0.601. The number of aryl methyl sites for hydroxylation is 1. The summed E-state index contributed by atoms with van der Waals surface area (Å²) in [5, 5.41) is 26.1. The fraction of sp³-hybridized carbons (Fsp3) is 0.364. The van der Waals surface area contributed by atoms with Crippen molar-refractivity contribution in [3.63, 3.8) is 0 Å². The van der Waals surface area contributed by atoms with Crippen LogP contribution in [0, 0.1) is 27.2 Å². The summed E-state index contributed by atoms with van der Waals surface area (Å²) in [5.74, 6) is -0.779. The number of hydrogen-bond donors (Lipinski definition) is 1. The molecule has 11 nitrogen and oxygen atoms in total. The number of carbonyl (C=O) groups excluding carboxylic acids is 1. The maximum absolute atomic E-state index is 12.0. The number of hydrogen-bond acceptors (Lipinski definition) is 7. The second kappa shape index (κ2) is 5.55. The number of nitrogens with two attached hydrogens (primary N) is 1. The third kappa shape index (κ3) is 3.12. The van der Waals surface area contributed by atoms with Crippen LogP contribution in [-0.2, 0) is 14.8 Å². The molecule has 1 unspecified atom stereocenters. The number of rotatable bonds is 4. The first-order valence-electron chi connectivity index (χ1n) is 6.27. The van der Waals surface area contributed by atoms with Crippen molar-refractivity contribution in [3.8, 4) is 0 Å². The van der Waals surface area contributed by atoms with E-state index in [-0.39, 0.29) is 5.56 Å². The topological polar surface area (TPSA) is 167 Å². The van der Waals surface area contributed by atoms with Crippen LogP contribution in [0.2, 0.25) is 0 Å². The molecule has 2 rings (SSSR count). The van der Waals surface area contributed by atoms with Gasteiger partial charge in [0.25, 0.3) is 11.4 Å². The molecule has 1 aliphatic heterocycles. The summed E-state index contributed by atoms with van der Waals surface area (Å²) in [6.45, 7) is 0.963. The van der Waals surface area contributed by atoms with E-state index in [0.29, 0.717) is 0 Å². The molecular weight excluding hydrogens is 332 g/mol. The second-order valence-electron chi connectivity index (χ2n) is 5.09. The van der Waals surface area contributed by atoms with Crippen LogP contribution in [0.3, 0.4) is 0 Å². The van der Waals surface area contributed by atoms with Crippen molar-refractivity contribution in [3.05, 3.63) is 37.9 Å². The zero-order chi connectivity index (χ0) is 17.5. The Kier molecular flexibility index (Phi) is 4.05. The van der Waals surface area contributed by atoms with Crippen LogP contribution in [0.4, 0.5) is 17.1 Å². The van der Waals surface area contributed by atoms with E-state index in [1.807, 2.05) is 0 Å². The minimum atomic E-state index is -4.05. The standard InChI is InChI=1S/C11H12N4O7S/c1-6-2-8(14(17)18)11(9(3-6)15(19)20)13-5-7(4-10(13)16)23(12,21)22/h2-3,7H,4-5H2,1H3,(H2,12,21,22). The molecule has 1 saturated heterocycles. The first kappa shape index (κ1) is 16.8. The molecule has 1 aliphatic rings. The molecule has 12 heteroatoms. The van der Waals surface area contributed by atoms with Crippen molar-refractivity contribution in [2.24, 2.45) is 5.14 Å². The number of anilines is 1. The number of amides is 1. The molecule has 0 saturated carbocycles. The third-order valence-electron chi connectivity index (χ3n) is 3.43. The molecule has 1 heterocycles. The van der Waals surface area contributed by atoms with Crippen LogP contribution in [0.5, 0.6) is 0 Å². The van der Waals surface area contributed by atoms with E-state index in [9.17, 15) is 33.4 Å². The number of primary sulfonamides is 1. The van der Waals surface area contributed by atoms with E-state index in [1.165, 1.54) is 6.92 Å². The van der Waals surface area contributed by atoms with Crippen molar-refractivity contribution >= 4 is 33.0 Å². The van der Waals surface area contributed by atoms with E-state index in [1.54, 1.807) is 0 Å². The summed E-state index contributed by atoms with van der Waals surface area (Å²) >= 11 is 0. The van der Waals surface area contributed by atoms with E-state index < -0.39 is 61.1 Å². The Morgan fingerprint density at radius 3 is 2.04 bits per heavy atom. The third-order valence-corrected chi connectivity index (χ3v) is 4.68. The highest BCUT2D eigenvalue weighted by Crippen LogP contribution is 2.40. The highest BCUT2D eigenvalue weighted by atomic mass is 32.2. The summed E-state index contributed by atoms with van der Waals surface area (Å²) < 4.78 is 22.8. The van der Waals surface area contributed by atoms with Gasteiger partial charge in [0.1, 0.15) is 5.25 Å². The maximum Gasteiger partial charge on any atom is 0.300 e. The summed E-state index contributed by atoms with van der Waals surface area (Å²) in [7, 11) is -4.05. The van der Waals surface area contributed by atoms with Crippen molar-refractivity contribution in [2.75, 3.05) is 11.4 Å². The lowest BCUT2D eigenvalue weighted by Gasteiger charge is -2.16. The second-order valence-corrected chi connectivity index (χ2v) is 6.93. The van der Waals surface area contributed by atoms with Crippen molar-refractivity contribution in [1.82, 2.24) is 0 Å². The van der Waals surface area contributed by atoms with E-state index in [4.69, 9.17) is 5.14 Å². The van der Waals surface area contributed by atoms with Gasteiger partial charge in [0.2, 0.25) is 21.6 Å². The van der Waals surface area contributed by atoms with Crippen molar-refractivity contribution in [1.29, 1.82) is 0 Å². The number of carbonyl (C=O) groups is 1. The van der Waals surface area contributed by atoms with Gasteiger partial charge < -0.3 is 0 Å². The molecular formula is C11H12N4O7S. The predicted octanol–water partition coefficient (Wildman–Crippen LogP) is 0.205. The van der Waals surface area contributed by atoms with Gasteiger partial charge in [-0.15, -0.1) is 0 Å². The summed E-state index contributed by atoms with van der Waals surface area (Å²) in [4.78, 5) is 33.4. The fourth-order valence-corrected chi connectivity index (χ4v) is 3.14. The first-order chi connectivity index (χ1) is 10.5. The molecule has 1 aromatic carbocycles. The van der Waals surface area contributed by atoms with E-state index in [2.05, 4.69) is 0 Å². The summed E-state index contributed by atoms with van der Waals surface area (Å²) in [6, 6.07) is 2.17. The Morgan fingerprint density at radius 2 is 1.70 bits per heavy atom. The zero-order valence-corrected chi connectivity index (χ0v) is 12.6. The lowest BCUT2D eigenvalue weighted by Crippen LogP contribution is -2.32. The molecule has 1 fully saturated rings. The summed E-state index contributed by atoms with van der Waals surface area (Å²) in [6.07, 6.45) is -0.485. The molecule has 0 aliphatic carbocycles. The van der Waals surface area contributed by atoms with Gasteiger partial charge in [-0.05, 0) is 12.5 Å². The zero-order valence-electron chi connectivity index (χ0n) is 11.8. The fourth-order valence-electron chi connectivity index (χ4n) is 2.41. The Morgan fingerprint density at radius 1 is 1.22 bits per heavy atom. The average molecular weight is 344 g/mol. The van der Waals surface area contributed by atoms with Gasteiger partial charge in [0.15, 0.2) is 0 Å². The Bertz CT molecular complexity index is 785. The molecule has 124 valence electrons. The van der Waals surface area contributed by atoms with Gasteiger partial charge in [-0.1, -0.05) is 0 Å². The number of sulfonamides is 1. The van der Waals surface area contributed by atoms with Crippen LogP contribution < -0.4 is 10.0 Å². The predicted molar refractivity (Wildman–Crippen MR) is 78.4 cm³/mol. The van der Waals surface area contributed by atoms with Gasteiger partial charge >= 0.3 is 0 Å². The normalized spacial score (nSPS) is 18.3.